The molecule has 3 fully saturated rings. The Morgan fingerprint density at radius 1 is 1.13 bits per heavy atom. The molecule has 0 radical (unpaired) electrons. The highest BCUT2D eigenvalue weighted by atomic mass is 16.3. The maximum absolute atomic E-state index is 12.4. The molecule has 7 atom stereocenters. The number of aliphatic hydroxyl groups excluding tert-OH is 1. The lowest BCUT2D eigenvalue weighted by molar-refractivity contribution is -0.127. The largest absolute Gasteiger partial charge is 0.393 e. The van der Waals surface area contributed by atoms with Gasteiger partial charge < -0.3 is 5.11 Å². The van der Waals surface area contributed by atoms with Gasteiger partial charge in [-0.25, -0.2) is 0 Å². The second-order valence-electron chi connectivity index (χ2n) is 9.54. The van der Waals surface area contributed by atoms with Gasteiger partial charge in [0.05, 0.1) is 6.10 Å². The van der Waals surface area contributed by atoms with Crippen molar-refractivity contribution in [2.24, 2.45) is 34.5 Å². The van der Waals surface area contributed by atoms with Crippen molar-refractivity contribution < 1.29 is 9.90 Å². The number of carbonyl (C=O) groups is 1. The quantitative estimate of drug-likeness (QED) is 0.713. The molecule has 0 aliphatic heterocycles. The summed E-state index contributed by atoms with van der Waals surface area (Å²) in [6, 6.07) is 0. The molecule has 4 rings (SSSR count). The molecule has 4 aliphatic carbocycles. The number of hydrogen-bond acceptors (Lipinski definition) is 2. The molecule has 0 aromatic rings. The topological polar surface area (TPSA) is 37.3 Å². The first-order valence-electron chi connectivity index (χ1n) is 9.83. The third-order valence-electron chi connectivity index (χ3n) is 8.26. The first kappa shape index (κ1) is 15.9. The molecule has 2 heteroatoms. The van der Waals surface area contributed by atoms with E-state index < -0.39 is 0 Å². The first-order chi connectivity index (χ1) is 10.9. The number of fused-ring (bicyclic) bond motifs is 4. The third kappa shape index (κ3) is 2.44. The Morgan fingerprint density at radius 3 is 2.78 bits per heavy atom. The van der Waals surface area contributed by atoms with Crippen LogP contribution in [0.15, 0.2) is 12.2 Å². The molecule has 0 saturated heterocycles. The minimum atomic E-state index is -0.103. The molecule has 4 aliphatic rings. The van der Waals surface area contributed by atoms with Gasteiger partial charge in [0, 0.05) is 5.41 Å². The van der Waals surface area contributed by atoms with Crippen LogP contribution in [0.2, 0.25) is 0 Å². The Kier molecular flexibility index (Phi) is 3.75. The lowest BCUT2D eigenvalue weighted by atomic mass is 9.57. The van der Waals surface area contributed by atoms with E-state index in [9.17, 15) is 9.90 Å². The fraction of sp³-hybridized carbons (Fsp3) is 0.857. The molecule has 0 bridgehead atoms. The van der Waals surface area contributed by atoms with Gasteiger partial charge in [0.15, 0.2) is 5.78 Å². The predicted octanol–water partition coefficient (Wildman–Crippen LogP) is 4.52. The molecule has 0 spiro atoms. The summed E-state index contributed by atoms with van der Waals surface area (Å²) in [5.74, 6) is 3.01. The van der Waals surface area contributed by atoms with Crippen molar-refractivity contribution in [1.82, 2.24) is 0 Å². The summed E-state index contributed by atoms with van der Waals surface area (Å²) in [6.07, 6.45) is 14.7. The van der Waals surface area contributed by atoms with Crippen LogP contribution in [-0.2, 0) is 4.79 Å². The smallest absolute Gasteiger partial charge is 0.161 e. The predicted molar refractivity (Wildman–Crippen MR) is 91.9 cm³/mol. The summed E-state index contributed by atoms with van der Waals surface area (Å²) >= 11 is 0. The molecular weight excluding hydrogens is 284 g/mol. The number of carbonyl (C=O) groups excluding carboxylic acids is 1. The molecular formula is C21H32O2. The van der Waals surface area contributed by atoms with Gasteiger partial charge in [-0.1, -0.05) is 26.3 Å². The summed E-state index contributed by atoms with van der Waals surface area (Å²) in [7, 11) is 0. The van der Waals surface area contributed by atoms with Crippen molar-refractivity contribution in [2.75, 3.05) is 0 Å². The Labute approximate surface area is 140 Å². The third-order valence-corrected chi connectivity index (χ3v) is 8.26. The van der Waals surface area contributed by atoms with E-state index >= 15 is 0 Å². The lowest BCUT2D eigenvalue weighted by Gasteiger charge is -2.46. The molecule has 0 amide bonds. The molecule has 3 unspecified atom stereocenters. The van der Waals surface area contributed by atoms with E-state index in [1.165, 1.54) is 38.5 Å². The standard InChI is InChI=1S/C21H32O2/c1-20-10-3-4-16(22)12-15(20)5-6-17-14(13-20)9-11-21(2)18(17)7-8-19(21)23/h7-8,14-18,22H,3-6,9-13H2,1-2H3/t14?,15?,16-,17?,18-,20+,21-/m0/s1. The minimum Gasteiger partial charge on any atom is -0.393 e. The molecule has 3 saturated carbocycles. The van der Waals surface area contributed by atoms with Crippen molar-refractivity contribution in [3.8, 4) is 0 Å². The second-order valence-corrected chi connectivity index (χ2v) is 9.54. The van der Waals surface area contributed by atoms with Crippen molar-refractivity contribution in [3.63, 3.8) is 0 Å². The van der Waals surface area contributed by atoms with Crippen LogP contribution in [0.1, 0.15) is 71.6 Å². The van der Waals surface area contributed by atoms with Gasteiger partial charge in [-0.05, 0) is 86.5 Å². The molecule has 2 nitrogen and oxygen atoms in total. The van der Waals surface area contributed by atoms with Crippen LogP contribution >= 0.6 is 0 Å². The van der Waals surface area contributed by atoms with E-state index in [2.05, 4.69) is 19.9 Å². The number of aliphatic hydroxyl groups is 1. The van der Waals surface area contributed by atoms with E-state index in [1.807, 2.05) is 6.08 Å². The zero-order chi connectivity index (χ0) is 16.2. The maximum atomic E-state index is 12.4. The second kappa shape index (κ2) is 5.44. The fourth-order valence-electron chi connectivity index (χ4n) is 6.73. The molecule has 1 N–H and O–H groups in total. The highest BCUT2D eigenvalue weighted by Crippen LogP contribution is 2.59. The van der Waals surface area contributed by atoms with Gasteiger partial charge in [-0.15, -0.1) is 0 Å². The Hall–Kier alpha value is -0.630. The van der Waals surface area contributed by atoms with Crippen LogP contribution in [-0.4, -0.2) is 17.0 Å². The molecule has 0 heterocycles. The fourth-order valence-corrected chi connectivity index (χ4v) is 6.73. The maximum Gasteiger partial charge on any atom is 0.161 e. The molecule has 0 aromatic carbocycles. The van der Waals surface area contributed by atoms with Gasteiger partial charge in [0.25, 0.3) is 0 Å². The van der Waals surface area contributed by atoms with Gasteiger partial charge in [0.1, 0.15) is 0 Å². The van der Waals surface area contributed by atoms with Crippen molar-refractivity contribution in [1.29, 1.82) is 0 Å². The minimum absolute atomic E-state index is 0.0832. The molecule has 23 heavy (non-hydrogen) atoms. The van der Waals surface area contributed by atoms with Crippen LogP contribution in [0.4, 0.5) is 0 Å². The summed E-state index contributed by atoms with van der Waals surface area (Å²) in [5, 5.41) is 10.3. The zero-order valence-corrected chi connectivity index (χ0v) is 14.8. The Bertz CT molecular complexity index is 524. The van der Waals surface area contributed by atoms with Crippen LogP contribution in [0.5, 0.6) is 0 Å². The highest BCUT2D eigenvalue weighted by molar-refractivity contribution is 5.97. The summed E-state index contributed by atoms with van der Waals surface area (Å²) in [4.78, 5) is 12.4. The first-order valence-corrected chi connectivity index (χ1v) is 9.83. The van der Waals surface area contributed by atoms with Gasteiger partial charge >= 0.3 is 0 Å². The van der Waals surface area contributed by atoms with Gasteiger partial charge in [-0.3, -0.25) is 4.79 Å². The van der Waals surface area contributed by atoms with Crippen LogP contribution in [0.25, 0.3) is 0 Å². The lowest BCUT2D eigenvalue weighted by Crippen LogP contribution is -2.42. The summed E-state index contributed by atoms with van der Waals surface area (Å²) in [5.41, 5.74) is 0.310. The van der Waals surface area contributed by atoms with Crippen molar-refractivity contribution in [2.45, 2.75) is 77.7 Å². The van der Waals surface area contributed by atoms with E-state index in [4.69, 9.17) is 0 Å². The van der Waals surface area contributed by atoms with Crippen LogP contribution in [0, 0.1) is 34.5 Å². The monoisotopic (exact) mass is 316 g/mol. The van der Waals surface area contributed by atoms with Crippen molar-refractivity contribution >= 4 is 5.78 Å². The number of allylic oxidation sites excluding steroid dienone is 2. The average Bonchev–Trinajstić information content (AvgIpc) is 2.64. The number of hydrogen-bond donors (Lipinski definition) is 1. The SMILES string of the molecule is C[C@]12CCC[C@H](O)CC1CCC1C(CC[C@]3(C)C(=O)C=C[C@@H]13)C2. The van der Waals surface area contributed by atoms with E-state index in [0.29, 0.717) is 29.0 Å². The Morgan fingerprint density at radius 2 is 1.96 bits per heavy atom. The molecule has 0 aromatic heterocycles. The normalized spacial score (nSPS) is 53.0. The Balaban J connectivity index is 1.61. The summed E-state index contributed by atoms with van der Waals surface area (Å²) < 4.78 is 0. The summed E-state index contributed by atoms with van der Waals surface area (Å²) in [6.45, 7) is 4.71. The highest BCUT2D eigenvalue weighted by Gasteiger charge is 2.54. The van der Waals surface area contributed by atoms with Gasteiger partial charge in [0.2, 0.25) is 0 Å². The van der Waals surface area contributed by atoms with E-state index in [0.717, 1.165) is 25.2 Å². The van der Waals surface area contributed by atoms with E-state index in [-0.39, 0.29) is 11.5 Å². The number of ketones is 1. The van der Waals surface area contributed by atoms with Crippen LogP contribution in [0.3, 0.4) is 0 Å². The van der Waals surface area contributed by atoms with Gasteiger partial charge in [-0.2, -0.15) is 0 Å². The average molecular weight is 316 g/mol. The van der Waals surface area contributed by atoms with E-state index in [1.54, 1.807) is 0 Å². The van der Waals surface area contributed by atoms with Crippen molar-refractivity contribution in [3.05, 3.63) is 12.2 Å². The number of rotatable bonds is 0. The molecule has 128 valence electrons. The zero-order valence-electron chi connectivity index (χ0n) is 14.8. The van der Waals surface area contributed by atoms with Crippen LogP contribution < -0.4 is 0 Å².